The van der Waals surface area contributed by atoms with E-state index in [0.717, 1.165) is 36.8 Å². The predicted molar refractivity (Wildman–Crippen MR) is 90.0 cm³/mol. The Morgan fingerprint density at radius 2 is 2.04 bits per heavy atom. The van der Waals surface area contributed by atoms with Crippen molar-refractivity contribution in [2.75, 3.05) is 13.7 Å². The number of hydrogen-bond donors (Lipinski definition) is 3. The molecule has 2 rings (SSSR count). The van der Waals surface area contributed by atoms with Gasteiger partial charge in [0.25, 0.3) is 0 Å². The molecule has 0 heterocycles. The van der Waals surface area contributed by atoms with Gasteiger partial charge in [-0.1, -0.05) is 44.0 Å². The highest BCUT2D eigenvalue weighted by molar-refractivity contribution is 5.73. The Labute approximate surface area is 138 Å². The van der Waals surface area contributed by atoms with Crippen LogP contribution in [0.4, 0.5) is 4.79 Å². The van der Waals surface area contributed by atoms with Crippen LogP contribution < -0.4 is 10.6 Å². The Morgan fingerprint density at radius 3 is 2.74 bits per heavy atom. The minimum Gasteiger partial charge on any atom is -0.392 e. The number of hydrogen-bond acceptors (Lipinski definition) is 3. The van der Waals surface area contributed by atoms with Crippen LogP contribution in [0, 0.1) is 5.41 Å². The summed E-state index contributed by atoms with van der Waals surface area (Å²) in [5.74, 6) is 0. The smallest absolute Gasteiger partial charge is 0.315 e. The summed E-state index contributed by atoms with van der Waals surface area (Å²) in [6.07, 6.45) is 3.62. The lowest BCUT2D eigenvalue weighted by molar-refractivity contribution is 0.00308. The van der Waals surface area contributed by atoms with E-state index in [4.69, 9.17) is 4.74 Å². The van der Waals surface area contributed by atoms with Gasteiger partial charge >= 0.3 is 6.03 Å². The Balaban J connectivity index is 1.81. The molecule has 23 heavy (non-hydrogen) atoms. The summed E-state index contributed by atoms with van der Waals surface area (Å²) in [5.41, 5.74) is 1.90. The number of carbonyl (C=O) groups excluding carboxylic acids is 1. The molecule has 1 fully saturated rings. The number of carbonyl (C=O) groups is 1. The highest BCUT2D eigenvalue weighted by Crippen LogP contribution is 2.35. The molecule has 0 saturated heterocycles. The van der Waals surface area contributed by atoms with Crippen molar-refractivity contribution < 1.29 is 14.6 Å². The van der Waals surface area contributed by atoms with Crippen LogP contribution in [0.3, 0.4) is 0 Å². The number of methoxy groups -OCH3 is 1. The number of aliphatic hydroxyl groups excluding tert-OH is 1. The van der Waals surface area contributed by atoms with Gasteiger partial charge in [0.2, 0.25) is 0 Å². The summed E-state index contributed by atoms with van der Waals surface area (Å²) in [7, 11) is 1.66. The average Bonchev–Trinajstić information content (AvgIpc) is 2.55. The topological polar surface area (TPSA) is 70.6 Å². The summed E-state index contributed by atoms with van der Waals surface area (Å²) in [6, 6.07) is 7.70. The third-order valence-corrected chi connectivity index (χ3v) is 4.79. The first kappa shape index (κ1) is 17.8. The fourth-order valence-corrected chi connectivity index (χ4v) is 3.13. The SMILES string of the molecule is COCc1ccccc1CNC(=O)NCC1(C)CCCCC1O. The fourth-order valence-electron chi connectivity index (χ4n) is 3.13. The van der Waals surface area contributed by atoms with E-state index in [1.165, 1.54) is 0 Å². The van der Waals surface area contributed by atoms with E-state index >= 15 is 0 Å². The molecule has 0 aliphatic heterocycles. The van der Waals surface area contributed by atoms with Crippen molar-refractivity contribution in [3.05, 3.63) is 35.4 Å². The molecule has 5 heteroatoms. The summed E-state index contributed by atoms with van der Waals surface area (Å²) < 4.78 is 5.17. The summed E-state index contributed by atoms with van der Waals surface area (Å²) in [6.45, 7) is 3.54. The van der Waals surface area contributed by atoms with E-state index in [2.05, 4.69) is 10.6 Å². The molecule has 0 aromatic heterocycles. The van der Waals surface area contributed by atoms with Gasteiger partial charge in [0.1, 0.15) is 0 Å². The number of nitrogens with one attached hydrogen (secondary N) is 2. The molecule has 2 amide bonds. The number of amides is 2. The van der Waals surface area contributed by atoms with Gasteiger partial charge in [0.15, 0.2) is 0 Å². The van der Waals surface area contributed by atoms with Crippen molar-refractivity contribution >= 4 is 6.03 Å². The number of benzene rings is 1. The Bertz CT molecular complexity index is 521. The zero-order chi connectivity index (χ0) is 16.7. The molecule has 0 spiro atoms. The zero-order valence-corrected chi connectivity index (χ0v) is 14.1. The number of ether oxygens (including phenoxy) is 1. The van der Waals surface area contributed by atoms with Crippen LogP contribution >= 0.6 is 0 Å². The fraction of sp³-hybridized carbons (Fsp3) is 0.611. The quantitative estimate of drug-likeness (QED) is 0.754. The molecule has 1 aromatic carbocycles. The first-order valence-electron chi connectivity index (χ1n) is 8.30. The zero-order valence-electron chi connectivity index (χ0n) is 14.1. The second-order valence-corrected chi connectivity index (χ2v) is 6.65. The molecular weight excluding hydrogens is 292 g/mol. The average molecular weight is 320 g/mol. The normalized spacial score (nSPS) is 24.2. The van der Waals surface area contributed by atoms with Gasteiger partial charge in [-0.2, -0.15) is 0 Å². The van der Waals surface area contributed by atoms with Crippen LogP contribution in [-0.2, 0) is 17.9 Å². The highest BCUT2D eigenvalue weighted by Gasteiger charge is 2.35. The molecule has 128 valence electrons. The van der Waals surface area contributed by atoms with Crippen molar-refractivity contribution in [3.63, 3.8) is 0 Å². The molecule has 1 aliphatic carbocycles. The first-order chi connectivity index (χ1) is 11.0. The third kappa shape index (κ3) is 4.94. The Morgan fingerprint density at radius 1 is 1.30 bits per heavy atom. The monoisotopic (exact) mass is 320 g/mol. The molecule has 0 bridgehead atoms. The molecule has 1 aromatic rings. The van der Waals surface area contributed by atoms with Gasteiger partial charge < -0.3 is 20.5 Å². The molecule has 2 atom stereocenters. The second kappa shape index (κ2) is 8.31. The standard InChI is InChI=1S/C18H28N2O3/c1-18(10-6-5-9-16(18)21)13-20-17(22)19-11-14-7-3-4-8-15(14)12-23-2/h3-4,7-8,16,21H,5-6,9-13H2,1-2H3,(H2,19,20,22). The number of rotatable bonds is 6. The van der Waals surface area contributed by atoms with Gasteiger partial charge in [0, 0.05) is 25.6 Å². The second-order valence-electron chi connectivity index (χ2n) is 6.65. The Hall–Kier alpha value is -1.59. The van der Waals surface area contributed by atoms with E-state index < -0.39 is 0 Å². The van der Waals surface area contributed by atoms with Gasteiger partial charge in [-0.15, -0.1) is 0 Å². The van der Waals surface area contributed by atoms with Crippen LogP contribution in [0.5, 0.6) is 0 Å². The van der Waals surface area contributed by atoms with E-state index in [0.29, 0.717) is 19.7 Å². The van der Waals surface area contributed by atoms with Crippen LogP contribution in [0.25, 0.3) is 0 Å². The maximum absolute atomic E-state index is 12.0. The lowest BCUT2D eigenvalue weighted by Gasteiger charge is -2.38. The van der Waals surface area contributed by atoms with Crippen LogP contribution in [0.1, 0.15) is 43.7 Å². The molecular formula is C18H28N2O3. The van der Waals surface area contributed by atoms with E-state index in [-0.39, 0.29) is 17.6 Å². The minimum atomic E-state index is -0.334. The van der Waals surface area contributed by atoms with Crippen molar-refractivity contribution in [1.29, 1.82) is 0 Å². The molecule has 5 nitrogen and oxygen atoms in total. The van der Waals surface area contributed by atoms with Crippen molar-refractivity contribution in [1.82, 2.24) is 10.6 Å². The maximum Gasteiger partial charge on any atom is 0.315 e. The lowest BCUT2D eigenvalue weighted by Crippen LogP contribution is -2.47. The molecule has 3 N–H and O–H groups in total. The van der Waals surface area contributed by atoms with Crippen molar-refractivity contribution in [2.45, 2.75) is 51.9 Å². The Kier molecular flexibility index (Phi) is 6.42. The molecule has 1 saturated carbocycles. The number of urea groups is 1. The third-order valence-electron chi connectivity index (χ3n) is 4.79. The van der Waals surface area contributed by atoms with E-state index in [1.54, 1.807) is 7.11 Å². The summed E-state index contributed by atoms with van der Waals surface area (Å²) in [4.78, 5) is 12.0. The first-order valence-corrected chi connectivity index (χ1v) is 8.30. The van der Waals surface area contributed by atoms with E-state index in [1.807, 2.05) is 31.2 Å². The van der Waals surface area contributed by atoms with Gasteiger partial charge in [0.05, 0.1) is 12.7 Å². The highest BCUT2D eigenvalue weighted by atomic mass is 16.5. The lowest BCUT2D eigenvalue weighted by atomic mass is 9.73. The van der Waals surface area contributed by atoms with Crippen molar-refractivity contribution in [3.8, 4) is 0 Å². The maximum atomic E-state index is 12.0. The van der Waals surface area contributed by atoms with Crippen LogP contribution in [-0.4, -0.2) is 30.9 Å². The molecule has 0 radical (unpaired) electrons. The van der Waals surface area contributed by atoms with Crippen LogP contribution in [0.15, 0.2) is 24.3 Å². The van der Waals surface area contributed by atoms with Crippen molar-refractivity contribution in [2.24, 2.45) is 5.41 Å². The largest absolute Gasteiger partial charge is 0.392 e. The predicted octanol–water partition coefficient (Wildman–Crippen LogP) is 2.57. The van der Waals surface area contributed by atoms with Crippen LogP contribution in [0.2, 0.25) is 0 Å². The van der Waals surface area contributed by atoms with Gasteiger partial charge in [-0.25, -0.2) is 4.79 Å². The number of aliphatic hydroxyl groups is 1. The molecule has 2 unspecified atom stereocenters. The van der Waals surface area contributed by atoms with E-state index in [9.17, 15) is 9.90 Å². The molecule has 1 aliphatic rings. The van der Waals surface area contributed by atoms with Gasteiger partial charge in [-0.05, 0) is 24.0 Å². The summed E-state index contributed by atoms with van der Waals surface area (Å²) in [5, 5.41) is 15.9. The minimum absolute atomic E-state index is 0.198. The summed E-state index contributed by atoms with van der Waals surface area (Å²) >= 11 is 0. The van der Waals surface area contributed by atoms with Gasteiger partial charge in [-0.3, -0.25) is 0 Å².